The number of nitrogens with zero attached hydrogens (tertiary/aromatic N) is 3. The monoisotopic (exact) mass is 559 g/mol. The lowest BCUT2D eigenvalue weighted by molar-refractivity contribution is -0.150. The molecule has 2 saturated heterocycles. The van der Waals surface area contributed by atoms with Crippen LogP contribution in [-0.2, 0) is 19.1 Å². The summed E-state index contributed by atoms with van der Waals surface area (Å²) in [6, 6.07) is 4.21. The van der Waals surface area contributed by atoms with E-state index in [1.807, 2.05) is 18.7 Å². The van der Waals surface area contributed by atoms with E-state index in [9.17, 15) is 9.59 Å². The van der Waals surface area contributed by atoms with Crippen LogP contribution in [-0.4, -0.2) is 68.4 Å². The van der Waals surface area contributed by atoms with Gasteiger partial charge in [0.05, 0.1) is 44.0 Å². The number of anilines is 3. The lowest BCUT2D eigenvalue weighted by Gasteiger charge is -2.36. The van der Waals surface area contributed by atoms with Crippen molar-refractivity contribution >= 4 is 41.0 Å². The minimum Gasteiger partial charge on any atom is -0.489 e. The van der Waals surface area contributed by atoms with E-state index in [-0.39, 0.29) is 6.10 Å². The van der Waals surface area contributed by atoms with E-state index in [0.717, 1.165) is 37.4 Å². The highest BCUT2D eigenvalue weighted by molar-refractivity contribution is 6.32. The third-order valence-corrected chi connectivity index (χ3v) is 7.57. The fraction of sp³-hybridized carbons (Fsp3) is 0.571. The molecule has 0 unspecified atom stereocenters. The minimum absolute atomic E-state index is 0.0188. The average Bonchev–Trinajstić information content (AvgIpc) is 2.94. The minimum atomic E-state index is -0.522. The summed E-state index contributed by atoms with van der Waals surface area (Å²) in [5.74, 6) is 0.140. The zero-order chi connectivity index (χ0) is 28.1. The van der Waals surface area contributed by atoms with Gasteiger partial charge >= 0.3 is 11.9 Å². The van der Waals surface area contributed by atoms with Crippen molar-refractivity contribution in [2.75, 3.05) is 50.6 Å². The molecule has 1 aromatic heterocycles. The molecule has 2 aromatic rings. The van der Waals surface area contributed by atoms with Gasteiger partial charge in [-0.1, -0.05) is 11.6 Å². The summed E-state index contributed by atoms with van der Waals surface area (Å²) in [5, 5.41) is 7.06. The molecule has 39 heavy (non-hydrogen) atoms. The summed E-state index contributed by atoms with van der Waals surface area (Å²) in [6.07, 6.45) is 4.01. The zero-order valence-corrected chi connectivity index (χ0v) is 24.0. The van der Waals surface area contributed by atoms with Gasteiger partial charge in [0.25, 0.3) is 0 Å². The molecule has 2 fully saturated rings. The molecule has 11 heteroatoms. The average molecular weight is 560 g/mol. The molecule has 0 spiro atoms. The maximum Gasteiger partial charge on any atom is 0.310 e. The standard InChI is InChI=1S/C28H38ClN5O5/c1-16(2)39-24-12-21(18-6-8-30-9-7-18)17(3)10-23(24)32-28-31-13-22(29)25(33-28)34-14-19(26(35)37-4)11-20(15-34)27(36)38-5/h10,12-13,16,18-20,30H,6-9,11,14-15H2,1-5H3,(H,31,32,33)/t19-,20+. The third kappa shape index (κ3) is 6.91. The quantitative estimate of drug-likeness (QED) is 0.455. The molecule has 0 bridgehead atoms. The van der Waals surface area contributed by atoms with Crippen LogP contribution >= 0.6 is 11.6 Å². The van der Waals surface area contributed by atoms with Crippen molar-refractivity contribution in [3.8, 4) is 5.75 Å². The van der Waals surface area contributed by atoms with Crippen LogP contribution in [0.4, 0.5) is 17.5 Å². The number of benzene rings is 1. The van der Waals surface area contributed by atoms with E-state index in [1.165, 1.54) is 31.5 Å². The number of aryl methyl sites for hydroxylation is 1. The lowest BCUT2D eigenvalue weighted by atomic mass is 9.87. The molecular weight excluding hydrogens is 522 g/mol. The van der Waals surface area contributed by atoms with Crippen molar-refractivity contribution in [3.63, 3.8) is 0 Å². The number of carbonyl (C=O) groups excluding carboxylic acids is 2. The van der Waals surface area contributed by atoms with E-state index in [0.29, 0.717) is 42.2 Å². The largest absolute Gasteiger partial charge is 0.489 e. The molecule has 0 amide bonds. The second-order valence-electron chi connectivity index (χ2n) is 10.5. The number of hydrogen-bond donors (Lipinski definition) is 2. The maximum atomic E-state index is 12.4. The predicted molar refractivity (Wildman–Crippen MR) is 150 cm³/mol. The number of rotatable bonds is 8. The number of ether oxygens (including phenoxy) is 3. The SMILES string of the molecule is COC(=O)[C@@H]1C[C@H](C(=O)OC)CN(c2nc(Nc3cc(C)c(C4CCNCC4)cc3OC(C)C)ncc2Cl)C1. The molecular formula is C28H38ClN5O5. The Morgan fingerprint density at radius 1 is 1.10 bits per heavy atom. The second-order valence-corrected chi connectivity index (χ2v) is 10.9. The first-order valence-corrected chi connectivity index (χ1v) is 13.8. The van der Waals surface area contributed by atoms with Crippen molar-refractivity contribution in [1.82, 2.24) is 15.3 Å². The molecule has 212 valence electrons. The van der Waals surface area contributed by atoms with Gasteiger partial charge in [-0.3, -0.25) is 9.59 Å². The van der Waals surface area contributed by atoms with Gasteiger partial charge in [-0.15, -0.1) is 0 Å². The van der Waals surface area contributed by atoms with Crippen molar-refractivity contribution in [1.29, 1.82) is 0 Å². The van der Waals surface area contributed by atoms with Crippen molar-refractivity contribution in [3.05, 3.63) is 34.5 Å². The molecule has 4 rings (SSSR count). The highest BCUT2D eigenvalue weighted by Crippen LogP contribution is 2.38. The number of carbonyl (C=O) groups is 2. The summed E-state index contributed by atoms with van der Waals surface area (Å²) in [7, 11) is 2.67. The molecule has 2 aliphatic rings. The Labute approximate surface area is 234 Å². The van der Waals surface area contributed by atoms with E-state index >= 15 is 0 Å². The first-order valence-electron chi connectivity index (χ1n) is 13.4. The normalized spacial score (nSPS) is 20.0. The molecule has 2 aliphatic heterocycles. The van der Waals surface area contributed by atoms with E-state index in [1.54, 1.807) is 0 Å². The Morgan fingerprint density at radius 3 is 2.33 bits per heavy atom. The van der Waals surface area contributed by atoms with Crippen LogP contribution in [0.1, 0.15) is 50.2 Å². The molecule has 2 atom stereocenters. The van der Waals surface area contributed by atoms with E-state index < -0.39 is 23.8 Å². The Bertz CT molecular complexity index is 1160. The highest BCUT2D eigenvalue weighted by Gasteiger charge is 2.37. The molecule has 0 aliphatic carbocycles. The number of piperidine rings is 2. The fourth-order valence-corrected chi connectivity index (χ4v) is 5.64. The topological polar surface area (TPSA) is 115 Å². The predicted octanol–water partition coefficient (Wildman–Crippen LogP) is 4.22. The van der Waals surface area contributed by atoms with Crippen LogP contribution < -0.4 is 20.3 Å². The smallest absolute Gasteiger partial charge is 0.310 e. The van der Waals surface area contributed by atoms with Crippen LogP contribution in [0.15, 0.2) is 18.3 Å². The Balaban J connectivity index is 1.64. The van der Waals surface area contributed by atoms with Gasteiger partial charge < -0.3 is 29.7 Å². The van der Waals surface area contributed by atoms with E-state index in [2.05, 4.69) is 34.7 Å². The molecule has 0 radical (unpaired) electrons. The number of methoxy groups -OCH3 is 2. The first kappa shape index (κ1) is 28.9. The zero-order valence-electron chi connectivity index (χ0n) is 23.3. The first-order chi connectivity index (χ1) is 18.7. The number of hydrogen-bond acceptors (Lipinski definition) is 10. The highest BCUT2D eigenvalue weighted by atomic mass is 35.5. The van der Waals surface area contributed by atoms with Crippen LogP contribution in [0.2, 0.25) is 5.02 Å². The summed E-state index contributed by atoms with van der Waals surface area (Å²) in [4.78, 5) is 35.7. The number of nitrogens with one attached hydrogen (secondary N) is 2. The van der Waals surface area contributed by atoms with Crippen molar-refractivity contribution < 1.29 is 23.8 Å². The molecule has 2 N–H and O–H groups in total. The summed E-state index contributed by atoms with van der Waals surface area (Å²) in [6.45, 7) is 8.74. The maximum absolute atomic E-state index is 12.4. The van der Waals surface area contributed by atoms with Crippen LogP contribution in [0.3, 0.4) is 0 Å². The molecule has 10 nitrogen and oxygen atoms in total. The van der Waals surface area contributed by atoms with Crippen LogP contribution in [0, 0.1) is 18.8 Å². The third-order valence-electron chi connectivity index (χ3n) is 7.30. The van der Waals surface area contributed by atoms with Crippen LogP contribution in [0.25, 0.3) is 0 Å². The second kappa shape index (κ2) is 12.8. The lowest BCUT2D eigenvalue weighted by Crippen LogP contribution is -2.46. The van der Waals surface area contributed by atoms with Gasteiger partial charge in [-0.25, -0.2) is 4.98 Å². The fourth-order valence-electron chi connectivity index (χ4n) is 5.43. The number of halogens is 1. The van der Waals surface area contributed by atoms with E-state index in [4.69, 9.17) is 30.8 Å². The van der Waals surface area contributed by atoms with Gasteiger partial charge in [0, 0.05) is 13.1 Å². The molecule has 3 heterocycles. The number of aromatic nitrogens is 2. The van der Waals surface area contributed by atoms with Crippen molar-refractivity contribution in [2.24, 2.45) is 11.8 Å². The van der Waals surface area contributed by atoms with Gasteiger partial charge in [0.1, 0.15) is 10.8 Å². The summed E-state index contributed by atoms with van der Waals surface area (Å²) >= 11 is 6.53. The van der Waals surface area contributed by atoms with Gasteiger partial charge in [0.15, 0.2) is 5.82 Å². The van der Waals surface area contributed by atoms with Gasteiger partial charge in [-0.05, 0) is 82.3 Å². The Morgan fingerprint density at radius 2 is 1.74 bits per heavy atom. The van der Waals surface area contributed by atoms with Gasteiger partial charge in [-0.2, -0.15) is 4.98 Å². The summed E-state index contributed by atoms with van der Waals surface area (Å²) in [5.41, 5.74) is 3.23. The molecule has 0 saturated carbocycles. The van der Waals surface area contributed by atoms with Crippen LogP contribution in [0.5, 0.6) is 5.75 Å². The summed E-state index contributed by atoms with van der Waals surface area (Å²) < 4.78 is 16.1. The Hall–Kier alpha value is -3.11. The molecule has 1 aromatic carbocycles. The van der Waals surface area contributed by atoms with Crippen molar-refractivity contribution in [2.45, 2.75) is 52.1 Å². The van der Waals surface area contributed by atoms with Gasteiger partial charge in [0.2, 0.25) is 5.95 Å². The Kier molecular flexibility index (Phi) is 9.50. The number of esters is 2.